The first-order valence-electron chi connectivity index (χ1n) is 28.7. The van der Waals surface area contributed by atoms with Gasteiger partial charge in [-0.1, -0.05) is 66.7 Å². The summed E-state index contributed by atoms with van der Waals surface area (Å²) in [5, 5.41) is 14.5. The monoisotopic (exact) mass is 1060 g/mol. The summed E-state index contributed by atoms with van der Waals surface area (Å²) in [6, 6.07) is 34.3. The molecule has 9 heterocycles. The predicted octanol–water partition coefficient (Wildman–Crippen LogP) is 10.5. The summed E-state index contributed by atoms with van der Waals surface area (Å²) in [7, 11) is 0. The van der Waals surface area contributed by atoms with Crippen molar-refractivity contribution >= 4 is 28.3 Å². The van der Waals surface area contributed by atoms with E-state index in [0.717, 1.165) is 125 Å². The van der Waals surface area contributed by atoms with Crippen molar-refractivity contribution in [3.63, 3.8) is 0 Å². The van der Waals surface area contributed by atoms with Crippen LogP contribution in [0.5, 0.6) is 0 Å². The third-order valence-electron chi connectivity index (χ3n) is 18.1. The summed E-state index contributed by atoms with van der Waals surface area (Å²) < 4.78 is 13.2. The van der Waals surface area contributed by atoms with Crippen LogP contribution in [0.4, 0.5) is 5.82 Å². The lowest BCUT2D eigenvalue weighted by Crippen LogP contribution is -2.66. The molecule has 6 aliphatic rings. The molecule has 408 valence electrons. The number of nitrogens with two attached hydrogens (primary N) is 3. The van der Waals surface area contributed by atoms with Gasteiger partial charge in [-0.2, -0.15) is 5.10 Å². The molecule has 4 fully saturated rings. The number of hydrogen-bond acceptors (Lipinski definition) is 12. The van der Waals surface area contributed by atoms with E-state index >= 15 is 0 Å². The Labute approximate surface area is 468 Å². The lowest BCUT2D eigenvalue weighted by atomic mass is 9.87. The number of nitrogens with one attached hydrogen (secondary N) is 2. The number of rotatable bonds is 10. The molecule has 14 heteroatoms. The number of anilines is 1. The number of aromatic nitrogens is 6. The van der Waals surface area contributed by atoms with Crippen molar-refractivity contribution < 1.29 is 9.47 Å². The molecule has 8 N–H and O–H groups in total. The fourth-order valence-electron chi connectivity index (χ4n) is 13.8. The maximum Gasteiger partial charge on any atom is 0.156 e. The van der Waals surface area contributed by atoms with Gasteiger partial charge in [-0.25, -0.2) is 19.6 Å². The number of nitrogens with zero attached hydrogens (tertiary/aromatic N) is 7. The molecule has 0 saturated carbocycles. The molecule has 14 rings (SSSR count). The molecule has 0 radical (unpaired) electrons. The zero-order valence-electron chi connectivity index (χ0n) is 46.2. The van der Waals surface area contributed by atoms with Gasteiger partial charge in [0.25, 0.3) is 0 Å². The number of aromatic amines is 1. The number of fused-ring (bicyclic) bond motifs is 7. The minimum atomic E-state index is 0.295. The maximum atomic E-state index is 8.91. The molecule has 4 bridgehead atoms. The SMILES string of the molecule is C/C(N)=C/C(C)=C(\N)c1ccc(-c2c[nH]c3ncc(-c4ccc5c(c4)CCC(N4C6COCC4C6)CC5)cc23)cc1.Cc1cccnc1-n1cc(C(=N)c2cc(-c3ccc4c(c3)CCC(N3C5COCC3C5)CC4)cnc2N)cn1. The molecule has 4 aliphatic heterocycles. The molecule has 8 aromatic rings. The van der Waals surface area contributed by atoms with Crippen LogP contribution < -0.4 is 17.2 Å². The Bertz CT molecular complexity index is 3670. The van der Waals surface area contributed by atoms with Gasteiger partial charge >= 0.3 is 0 Å². The Balaban J connectivity index is 0.000000151. The Kier molecular flexibility index (Phi) is 14.0. The molecule has 2 aliphatic carbocycles. The molecule has 5 aromatic heterocycles. The van der Waals surface area contributed by atoms with Gasteiger partial charge in [-0.15, -0.1) is 0 Å². The van der Waals surface area contributed by atoms with E-state index in [1.54, 1.807) is 17.1 Å². The fraction of sp³-hybridized carbons (Fsp3) is 0.348. The Morgan fingerprint density at radius 2 is 1.21 bits per heavy atom. The minimum absolute atomic E-state index is 0.295. The van der Waals surface area contributed by atoms with Crippen LogP contribution in [0.1, 0.15) is 96.9 Å². The minimum Gasteiger partial charge on any atom is -0.402 e. The topological polar surface area (TPSA) is 199 Å². The van der Waals surface area contributed by atoms with E-state index in [9.17, 15) is 0 Å². The van der Waals surface area contributed by atoms with Crippen LogP contribution in [-0.2, 0) is 35.2 Å². The van der Waals surface area contributed by atoms with E-state index in [-0.39, 0.29) is 0 Å². The van der Waals surface area contributed by atoms with Crippen LogP contribution in [0.2, 0.25) is 0 Å². The van der Waals surface area contributed by atoms with Gasteiger partial charge in [0.15, 0.2) is 5.82 Å². The molecular formula is C66H72N12O2. The molecule has 80 heavy (non-hydrogen) atoms. The van der Waals surface area contributed by atoms with Crippen LogP contribution in [-0.4, -0.2) is 108 Å². The summed E-state index contributed by atoms with van der Waals surface area (Å²) in [5.41, 5.74) is 38.1. The van der Waals surface area contributed by atoms with Crippen molar-refractivity contribution in [2.24, 2.45) is 11.5 Å². The van der Waals surface area contributed by atoms with Crippen molar-refractivity contribution in [2.45, 2.75) is 121 Å². The highest BCUT2D eigenvalue weighted by atomic mass is 16.5. The van der Waals surface area contributed by atoms with Gasteiger partial charge in [0, 0.05) is 112 Å². The molecule has 0 spiro atoms. The van der Waals surface area contributed by atoms with Crippen molar-refractivity contribution in [1.82, 2.24) is 39.5 Å². The van der Waals surface area contributed by atoms with Crippen molar-refractivity contribution in [3.05, 3.63) is 184 Å². The van der Waals surface area contributed by atoms with Crippen molar-refractivity contribution in [3.8, 4) is 39.2 Å². The van der Waals surface area contributed by atoms with Gasteiger partial charge < -0.3 is 31.7 Å². The van der Waals surface area contributed by atoms with E-state index in [4.69, 9.17) is 37.1 Å². The number of morpholine rings is 2. The Morgan fingerprint density at radius 1 is 0.637 bits per heavy atom. The first-order valence-corrected chi connectivity index (χ1v) is 28.7. The van der Waals surface area contributed by atoms with Crippen molar-refractivity contribution in [2.75, 3.05) is 32.2 Å². The molecule has 4 saturated heterocycles. The second-order valence-corrected chi connectivity index (χ2v) is 23.2. The third kappa shape index (κ3) is 10.0. The van der Waals surface area contributed by atoms with Gasteiger partial charge in [0.2, 0.25) is 0 Å². The van der Waals surface area contributed by atoms with Gasteiger partial charge in [-0.05, 0) is 165 Å². The Morgan fingerprint density at radius 3 is 1.80 bits per heavy atom. The lowest BCUT2D eigenvalue weighted by Gasteiger charge is -2.56. The Hall–Kier alpha value is -7.75. The normalized spacial score (nSPS) is 23.0. The quantitative estimate of drug-likeness (QED) is 0.0496. The zero-order valence-corrected chi connectivity index (χ0v) is 46.2. The summed E-state index contributed by atoms with van der Waals surface area (Å²) in [6.07, 6.45) is 25.0. The average Bonchev–Trinajstić information content (AvgIpc) is 4.05. The number of hydrogen-bond donors (Lipinski definition) is 5. The van der Waals surface area contributed by atoms with E-state index in [1.807, 2.05) is 63.6 Å². The highest BCUT2D eigenvalue weighted by molar-refractivity contribution is 6.13. The second-order valence-electron chi connectivity index (χ2n) is 23.2. The third-order valence-corrected chi connectivity index (χ3v) is 18.1. The van der Waals surface area contributed by atoms with Crippen LogP contribution in [0.3, 0.4) is 0 Å². The summed E-state index contributed by atoms with van der Waals surface area (Å²) in [5.74, 6) is 1.08. The summed E-state index contributed by atoms with van der Waals surface area (Å²) in [4.78, 5) is 22.6. The molecule has 6 atom stereocenters. The molecule has 6 unspecified atom stereocenters. The highest BCUT2D eigenvalue weighted by Gasteiger charge is 2.47. The molecule has 3 aromatic carbocycles. The number of allylic oxidation sites excluding steroid dienone is 3. The number of aryl methyl sites for hydroxylation is 5. The van der Waals surface area contributed by atoms with E-state index in [2.05, 4.69) is 103 Å². The number of H-pyrrole nitrogens is 1. The van der Waals surface area contributed by atoms with Crippen LogP contribution in [0.15, 0.2) is 139 Å². The second kappa shape index (κ2) is 21.7. The fourth-order valence-corrected chi connectivity index (χ4v) is 13.8. The van der Waals surface area contributed by atoms with Gasteiger partial charge in [0.05, 0.1) is 38.3 Å². The number of nitrogen functional groups attached to an aromatic ring is 1. The first kappa shape index (κ1) is 51.7. The molecule has 0 amide bonds. The maximum absolute atomic E-state index is 8.91. The average molecular weight is 1070 g/mol. The smallest absolute Gasteiger partial charge is 0.156 e. The van der Waals surface area contributed by atoms with Gasteiger partial charge in [-0.3, -0.25) is 15.2 Å². The number of benzene rings is 3. The number of pyridine rings is 3. The van der Waals surface area contributed by atoms with Crippen LogP contribution >= 0.6 is 0 Å². The van der Waals surface area contributed by atoms with E-state index in [0.29, 0.717) is 58.9 Å². The van der Waals surface area contributed by atoms with Crippen LogP contribution in [0.25, 0.3) is 55.9 Å². The van der Waals surface area contributed by atoms with Crippen molar-refractivity contribution in [1.29, 1.82) is 5.41 Å². The first-order chi connectivity index (χ1) is 39.0. The predicted molar refractivity (Wildman–Crippen MR) is 318 cm³/mol. The van der Waals surface area contributed by atoms with Crippen LogP contribution in [0, 0.1) is 12.3 Å². The number of ether oxygens (including phenoxy) is 2. The largest absolute Gasteiger partial charge is 0.402 e. The zero-order chi connectivity index (χ0) is 54.6. The lowest BCUT2D eigenvalue weighted by molar-refractivity contribution is -0.148. The standard InChI is InChI=1S/C35H39N5O.C31H33N7O/c1-21(13-22(2)36)34(37)25-6-4-24(5-7-25)33-18-39-35-32(33)15-28(17-38-35)27-8-3-23-9-11-29(12-10-26(23)14-27)40-30-16-31(40)20-41-19-30;1-19-3-2-10-34-31(19)37-16-24(15-36-37)29(32)28-12-23(14-35-30(28)33)22-5-4-20-6-8-25(9-7-21(20)11-22)38-26-13-27(38)18-39-17-26/h3-8,13-15,17-18,29-31H,9-12,16,19-20,36-37H2,1-2H3,(H,38,39);2-5,10-12,14-16,25-27,32H,6-9,13,17-18H2,1H3,(H2,33,35)/b22-13-,34-21-;. The van der Waals surface area contributed by atoms with E-state index in [1.165, 1.54) is 66.3 Å². The van der Waals surface area contributed by atoms with Gasteiger partial charge in [0.1, 0.15) is 11.5 Å². The molecular weight excluding hydrogens is 993 g/mol. The van der Waals surface area contributed by atoms with E-state index < -0.39 is 0 Å². The summed E-state index contributed by atoms with van der Waals surface area (Å²) in [6.45, 7) is 9.48. The summed E-state index contributed by atoms with van der Waals surface area (Å²) >= 11 is 0. The molecule has 14 nitrogen and oxygen atoms in total. The highest BCUT2D eigenvalue weighted by Crippen LogP contribution is 2.40.